The molecular weight excluding hydrogens is 673 g/mol. The van der Waals surface area contributed by atoms with E-state index in [4.69, 9.17) is 38.9 Å². The zero-order valence-corrected chi connectivity index (χ0v) is 27.3. The van der Waals surface area contributed by atoms with E-state index in [1.54, 1.807) is 0 Å². The molecule has 0 heterocycles. The van der Waals surface area contributed by atoms with Crippen molar-refractivity contribution in [3.63, 3.8) is 0 Å². The molecule has 0 aromatic heterocycles. The van der Waals surface area contributed by atoms with Crippen molar-refractivity contribution >= 4 is 62.0 Å². The van der Waals surface area contributed by atoms with Crippen LogP contribution in [0.5, 0.6) is 0 Å². The highest BCUT2D eigenvalue weighted by Crippen LogP contribution is 2.48. The van der Waals surface area contributed by atoms with Gasteiger partial charge in [-0.05, 0) is 62.1 Å². The lowest BCUT2D eigenvalue weighted by Gasteiger charge is -2.47. The van der Waals surface area contributed by atoms with Gasteiger partial charge < -0.3 is 36.5 Å². The quantitative estimate of drug-likeness (QED) is 0.0184. The van der Waals surface area contributed by atoms with E-state index in [1.807, 2.05) is 0 Å². The van der Waals surface area contributed by atoms with E-state index < -0.39 is 64.4 Å². The van der Waals surface area contributed by atoms with Gasteiger partial charge in [0.1, 0.15) is 17.5 Å². The predicted molar refractivity (Wildman–Crippen MR) is 182 cm³/mol. The van der Waals surface area contributed by atoms with E-state index in [0.717, 1.165) is 35.1 Å². The highest BCUT2D eigenvalue weighted by molar-refractivity contribution is 6.42. The molecule has 3 rings (SSSR count). The first-order valence-corrected chi connectivity index (χ1v) is 14.5. The maximum absolute atomic E-state index is 14.7. The minimum Gasteiger partial charge on any atom is -0.398 e. The topological polar surface area (TPSA) is 135 Å². The van der Waals surface area contributed by atoms with Crippen molar-refractivity contribution in [2.75, 3.05) is 36.4 Å². The number of hydrogen-bond acceptors (Lipinski definition) is 8. The molecule has 258 valence electrons. The van der Waals surface area contributed by atoms with Gasteiger partial charge >= 0.3 is 6.18 Å². The molecule has 4 radical (unpaired) electrons. The number of aliphatic hydroxyl groups is 2. The zero-order chi connectivity index (χ0) is 37.2. The summed E-state index contributed by atoms with van der Waals surface area (Å²) in [6.45, 7) is 7.15. The van der Waals surface area contributed by atoms with Crippen LogP contribution in [0.2, 0.25) is 5.02 Å². The maximum Gasteiger partial charge on any atom is 0.418 e. The molecule has 9 nitrogen and oxygen atoms in total. The molecule has 0 aliphatic carbocycles. The van der Waals surface area contributed by atoms with Gasteiger partial charge in [0, 0.05) is 34.1 Å². The van der Waals surface area contributed by atoms with Crippen LogP contribution in [0, 0.1) is 11.6 Å². The number of rotatable bonds is 12. The summed E-state index contributed by atoms with van der Waals surface area (Å²) in [5.74, 6) is 0.306. The van der Waals surface area contributed by atoms with Crippen LogP contribution >= 0.6 is 11.6 Å². The minimum absolute atomic E-state index is 0.0216. The Morgan fingerprint density at radius 2 is 1.76 bits per heavy atom. The van der Waals surface area contributed by atoms with Crippen molar-refractivity contribution < 1.29 is 36.6 Å². The van der Waals surface area contributed by atoms with Crippen LogP contribution in [0.3, 0.4) is 0 Å². The molecule has 0 saturated heterocycles. The SMILES string of the molecule is [B]C([B])(N(C)c1cc(N=C(NN)c2cc(F)cc(C(F)(F)F)c2N)c(C(NC)c2cc(F)ccc2Cl)c(C=C)c1N(C=C)CF)C(C)(O)O. The number of alkyl halides is 4. The molecule has 3 aromatic rings. The van der Waals surface area contributed by atoms with Crippen LogP contribution < -0.4 is 32.1 Å². The van der Waals surface area contributed by atoms with E-state index in [9.17, 15) is 36.6 Å². The van der Waals surface area contributed by atoms with Gasteiger partial charge in [-0.3, -0.25) is 0 Å². The minimum atomic E-state index is -5.07. The molecule has 8 N–H and O–H groups in total. The Bertz CT molecular complexity index is 1770. The molecule has 1 unspecified atom stereocenters. The van der Waals surface area contributed by atoms with Crippen molar-refractivity contribution in [3.8, 4) is 0 Å². The molecule has 49 heavy (non-hydrogen) atoms. The Morgan fingerprint density at radius 1 is 1.12 bits per heavy atom. The fourth-order valence-electron chi connectivity index (χ4n) is 5.09. The first kappa shape index (κ1) is 39.3. The number of hydrazine groups is 1. The van der Waals surface area contributed by atoms with Crippen molar-refractivity contribution in [3.05, 3.63) is 100 Å². The summed E-state index contributed by atoms with van der Waals surface area (Å²) in [6, 6.07) is 4.39. The standard InChI is InChI=1S/C31H32B2ClF6N7O2/c1-6-17-24(26(43-4)18-10-15(36)8-9-21(18)34)22(44-28(45-42)19-11-16(37)12-20(25(19)41)30(38,39)40)13-23(27(17)47(7-2)14-35)46(5)31(32,33)29(3,48)49/h6-13,26,43,48-49H,1-2,14,41-42H2,3-5H3,(H,44,45). The molecule has 0 saturated carbocycles. The number of likely N-dealkylation sites (N-methyl/N-ethyl adjacent to an activating group) is 1. The number of aliphatic imine (C=N–C) groups is 1. The number of nitrogens with one attached hydrogen (secondary N) is 2. The van der Waals surface area contributed by atoms with Crippen LogP contribution in [-0.2, 0) is 6.18 Å². The summed E-state index contributed by atoms with van der Waals surface area (Å²) in [4.78, 5) is 6.37. The summed E-state index contributed by atoms with van der Waals surface area (Å²) in [5, 5.41) is 21.4. The number of hydrogen-bond donors (Lipinski definition) is 6. The predicted octanol–water partition coefficient (Wildman–Crippen LogP) is 4.72. The number of nitrogen functional groups attached to an aromatic ring is 1. The smallest absolute Gasteiger partial charge is 0.398 e. The zero-order valence-electron chi connectivity index (χ0n) is 26.5. The van der Waals surface area contributed by atoms with Crippen LogP contribution in [-0.4, -0.2) is 63.8 Å². The largest absolute Gasteiger partial charge is 0.418 e. The van der Waals surface area contributed by atoms with Crippen molar-refractivity contribution in [1.82, 2.24) is 10.7 Å². The van der Waals surface area contributed by atoms with Gasteiger partial charge in [-0.15, -0.1) is 0 Å². The lowest BCUT2D eigenvalue weighted by Crippen LogP contribution is -2.64. The Labute approximate surface area is 286 Å². The van der Waals surface area contributed by atoms with Gasteiger partial charge in [-0.2, -0.15) is 13.2 Å². The molecule has 1 atom stereocenters. The van der Waals surface area contributed by atoms with E-state index in [1.165, 1.54) is 32.3 Å². The van der Waals surface area contributed by atoms with Crippen molar-refractivity contribution in [2.45, 2.75) is 30.3 Å². The Kier molecular flexibility index (Phi) is 11.8. The summed E-state index contributed by atoms with van der Waals surface area (Å²) in [5.41, 5.74) is 4.67. The first-order valence-electron chi connectivity index (χ1n) is 14.1. The van der Waals surface area contributed by atoms with Crippen LogP contribution in [0.1, 0.15) is 40.8 Å². The van der Waals surface area contributed by atoms with Gasteiger partial charge in [-0.1, -0.05) is 30.8 Å². The van der Waals surface area contributed by atoms with Gasteiger partial charge in [0.05, 0.1) is 50.0 Å². The second kappa shape index (κ2) is 14.8. The molecule has 0 spiro atoms. The molecule has 18 heteroatoms. The normalized spacial score (nSPS) is 13.2. The lowest BCUT2D eigenvalue weighted by molar-refractivity contribution is -0.155. The van der Waals surface area contributed by atoms with Gasteiger partial charge in [0.25, 0.3) is 0 Å². The maximum atomic E-state index is 14.7. The monoisotopic (exact) mass is 705 g/mol. The highest BCUT2D eigenvalue weighted by atomic mass is 35.5. The third kappa shape index (κ3) is 7.70. The van der Waals surface area contributed by atoms with Crippen molar-refractivity contribution in [2.24, 2.45) is 10.8 Å². The first-order chi connectivity index (χ1) is 22.7. The molecule has 0 aliphatic heterocycles. The average molecular weight is 706 g/mol. The Morgan fingerprint density at radius 3 is 2.24 bits per heavy atom. The van der Waals surface area contributed by atoms with Crippen LogP contribution in [0.25, 0.3) is 6.08 Å². The second-order valence-electron chi connectivity index (χ2n) is 10.9. The fraction of sp³-hybridized carbons (Fsp3) is 0.258. The summed E-state index contributed by atoms with van der Waals surface area (Å²) in [6.07, 6.45) is -2.75. The van der Waals surface area contributed by atoms with E-state index >= 15 is 0 Å². The number of nitrogens with two attached hydrogens (primary N) is 2. The summed E-state index contributed by atoms with van der Waals surface area (Å²) < 4.78 is 85.3. The molecule has 0 amide bonds. The Hall–Kier alpha value is -4.15. The average Bonchev–Trinajstić information content (AvgIpc) is 3.02. The number of nitrogens with zero attached hydrogens (tertiary/aromatic N) is 3. The molecule has 3 aromatic carbocycles. The summed E-state index contributed by atoms with van der Waals surface area (Å²) >= 11 is 6.49. The number of benzene rings is 3. The number of amidine groups is 1. The molecule has 0 bridgehead atoms. The number of halogens is 7. The Balaban J connectivity index is 2.67. The molecule has 0 aliphatic rings. The van der Waals surface area contributed by atoms with Gasteiger partial charge in [0.15, 0.2) is 12.6 Å². The van der Waals surface area contributed by atoms with E-state index in [0.29, 0.717) is 6.07 Å². The number of anilines is 3. The second-order valence-corrected chi connectivity index (χ2v) is 11.3. The summed E-state index contributed by atoms with van der Waals surface area (Å²) in [7, 11) is 15.0. The lowest BCUT2D eigenvalue weighted by atomic mass is 9.56. The van der Waals surface area contributed by atoms with Crippen molar-refractivity contribution in [1.29, 1.82) is 0 Å². The van der Waals surface area contributed by atoms with E-state index in [-0.39, 0.29) is 44.8 Å². The third-order valence-electron chi connectivity index (χ3n) is 7.77. The molecular formula is C31H32B2ClF6N7O2. The molecule has 0 fully saturated rings. The fourth-order valence-corrected chi connectivity index (χ4v) is 5.31. The van der Waals surface area contributed by atoms with Crippen LogP contribution in [0.4, 0.5) is 49.1 Å². The van der Waals surface area contributed by atoms with Crippen LogP contribution in [0.15, 0.2) is 60.7 Å². The highest BCUT2D eigenvalue weighted by Gasteiger charge is 2.42. The van der Waals surface area contributed by atoms with Gasteiger partial charge in [-0.25, -0.2) is 24.0 Å². The third-order valence-corrected chi connectivity index (χ3v) is 8.12. The van der Waals surface area contributed by atoms with Gasteiger partial charge in [0.2, 0.25) is 0 Å². The van der Waals surface area contributed by atoms with E-state index in [2.05, 4.69) is 28.9 Å².